The standard InChI is InChI=1S/C37H65NO11/c1-17-15-25(38(12)13)27(39)35(44-17)49-31-20(4)29(47-26-16-37(11,43-14)33(41)23(7)45-26)22(6)34(42)46-24(8)36(9,10)32(40)21(5)28-18(2)19(3)30(31)48-28/h17,19-27,29-33,35,39-41H,15-16H2,1-14H3/t17-,19?,20+,21+,22-,23+,24?,25?,26?,27?,29?,30?,31?,32?,33?,35?,37?/m1/s1. The molecule has 12 nitrogen and oxygen atoms in total. The predicted octanol–water partition coefficient (Wildman–Crippen LogP) is 3.63. The van der Waals surface area contributed by atoms with E-state index < -0.39 is 96.2 Å². The third kappa shape index (κ3) is 7.88. The number of hydrogen-bond acceptors (Lipinski definition) is 12. The van der Waals surface area contributed by atoms with Crippen molar-refractivity contribution in [1.82, 2.24) is 4.90 Å². The van der Waals surface area contributed by atoms with Crippen LogP contribution < -0.4 is 0 Å². The van der Waals surface area contributed by atoms with E-state index in [1.54, 1.807) is 27.9 Å². The van der Waals surface area contributed by atoms with Crippen LogP contribution >= 0.6 is 0 Å². The quantitative estimate of drug-likeness (QED) is 0.348. The molecule has 0 aliphatic carbocycles. The first kappa shape index (κ1) is 40.4. The van der Waals surface area contributed by atoms with Gasteiger partial charge >= 0.3 is 5.97 Å². The molecule has 12 heteroatoms. The number of hydrogen-bond donors (Lipinski definition) is 3. The number of aliphatic hydroxyl groups is 3. The number of aliphatic hydroxyl groups excluding tert-OH is 3. The second kappa shape index (κ2) is 15.3. The Labute approximate surface area is 293 Å². The van der Waals surface area contributed by atoms with Gasteiger partial charge < -0.3 is 53.4 Å². The van der Waals surface area contributed by atoms with E-state index in [0.717, 1.165) is 5.57 Å². The topological polar surface area (TPSA) is 146 Å². The normalized spacial score (nSPS) is 48.3. The molecule has 0 aromatic heterocycles. The first-order valence-electron chi connectivity index (χ1n) is 18.1. The molecule has 12 unspecified atom stereocenters. The fraction of sp³-hybridized carbons (Fsp3) is 0.919. The number of ether oxygens (including phenoxy) is 7. The second-order valence-corrected chi connectivity index (χ2v) is 16.4. The van der Waals surface area contributed by atoms with E-state index >= 15 is 0 Å². The van der Waals surface area contributed by atoms with Gasteiger partial charge in [0, 0.05) is 42.7 Å². The number of likely N-dealkylation sites (N-methyl/N-ethyl adjacent to an activating group) is 1. The van der Waals surface area contributed by atoms with Crippen LogP contribution in [0, 0.1) is 29.1 Å². The first-order valence-corrected chi connectivity index (χ1v) is 18.1. The van der Waals surface area contributed by atoms with Crippen LogP contribution in [0.2, 0.25) is 0 Å². The Morgan fingerprint density at radius 1 is 0.837 bits per heavy atom. The molecule has 17 atom stereocenters. The average molecular weight is 700 g/mol. The van der Waals surface area contributed by atoms with Crippen LogP contribution in [0.5, 0.6) is 0 Å². The zero-order valence-electron chi connectivity index (χ0n) is 32.2. The smallest absolute Gasteiger partial charge is 0.311 e. The Balaban J connectivity index is 1.82. The van der Waals surface area contributed by atoms with Crippen molar-refractivity contribution in [3.8, 4) is 0 Å². The summed E-state index contributed by atoms with van der Waals surface area (Å²) in [5, 5.41) is 34.2. The zero-order valence-corrected chi connectivity index (χ0v) is 32.2. The van der Waals surface area contributed by atoms with E-state index in [1.165, 1.54) is 0 Å². The van der Waals surface area contributed by atoms with Crippen LogP contribution in [-0.4, -0.2) is 127 Å². The first-order chi connectivity index (χ1) is 22.7. The Hall–Kier alpha value is -1.35. The van der Waals surface area contributed by atoms with Gasteiger partial charge in [0.2, 0.25) is 0 Å². The molecule has 3 saturated heterocycles. The maximum atomic E-state index is 14.0. The number of carbonyl (C=O) groups is 1. The molecule has 3 N–H and O–H groups in total. The fourth-order valence-corrected chi connectivity index (χ4v) is 8.19. The summed E-state index contributed by atoms with van der Waals surface area (Å²) in [5.74, 6) is -1.69. The highest BCUT2D eigenvalue weighted by atomic mass is 16.7. The third-order valence-electron chi connectivity index (χ3n) is 12.4. The molecule has 4 aliphatic heterocycles. The monoisotopic (exact) mass is 699 g/mol. The van der Waals surface area contributed by atoms with Gasteiger partial charge in [-0.3, -0.25) is 4.79 Å². The van der Waals surface area contributed by atoms with Crippen molar-refractivity contribution in [2.75, 3.05) is 21.2 Å². The summed E-state index contributed by atoms with van der Waals surface area (Å²) < 4.78 is 44.8. The van der Waals surface area contributed by atoms with Gasteiger partial charge in [-0.25, -0.2) is 0 Å². The Morgan fingerprint density at radius 3 is 2.06 bits per heavy atom. The molecule has 2 bridgehead atoms. The number of methoxy groups -OCH3 is 1. The number of carbonyl (C=O) groups excluding carboxylic acids is 1. The minimum atomic E-state index is -0.984. The lowest BCUT2D eigenvalue weighted by Gasteiger charge is -2.47. The summed E-state index contributed by atoms with van der Waals surface area (Å²) in [6.45, 7) is 20.9. The van der Waals surface area contributed by atoms with Gasteiger partial charge in [0.05, 0.1) is 35.9 Å². The lowest BCUT2D eigenvalue weighted by atomic mass is 9.74. The van der Waals surface area contributed by atoms with Crippen molar-refractivity contribution in [3.63, 3.8) is 0 Å². The van der Waals surface area contributed by atoms with Crippen LogP contribution in [0.3, 0.4) is 0 Å². The van der Waals surface area contributed by atoms with Crippen molar-refractivity contribution in [1.29, 1.82) is 0 Å². The molecular weight excluding hydrogens is 634 g/mol. The lowest BCUT2D eigenvalue weighted by molar-refractivity contribution is -0.311. The van der Waals surface area contributed by atoms with Crippen LogP contribution in [0.15, 0.2) is 11.3 Å². The van der Waals surface area contributed by atoms with Crippen molar-refractivity contribution < 1.29 is 53.3 Å². The van der Waals surface area contributed by atoms with Gasteiger partial charge in [0.15, 0.2) is 12.6 Å². The third-order valence-corrected chi connectivity index (χ3v) is 12.4. The van der Waals surface area contributed by atoms with Crippen LogP contribution in [0.1, 0.15) is 89.0 Å². The number of rotatable bonds is 6. The molecule has 3 fully saturated rings. The van der Waals surface area contributed by atoms with Crippen LogP contribution in [0.25, 0.3) is 0 Å². The minimum absolute atomic E-state index is 0.135. The molecule has 49 heavy (non-hydrogen) atoms. The number of cyclic esters (lactones) is 1. The molecule has 0 aromatic rings. The molecule has 4 aliphatic rings. The predicted molar refractivity (Wildman–Crippen MR) is 182 cm³/mol. The summed E-state index contributed by atoms with van der Waals surface area (Å²) in [6.07, 6.45) is -7.26. The average Bonchev–Trinajstić information content (AvgIpc) is 3.33. The van der Waals surface area contributed by atoms with E-state index in [4.69, 9.17) is 33.2 Å². The van der Waals surface area contributed by atoms with E-state index in [-0.39, 0.29) is 24.5 Å². The van der Waals surface area contributed by atoms with Crippen molar-refractivity contribution >= 4 is 5.97 Å². The van der Waals surface area contributed by atoms with E-state index in [2.05, 4.69) is 6.92 Å². The maximum Gasteiger partial charge on any atom is 0.311 e. The zero-order chi connectivity index (χ0) is 36.9. The number of esters is 1. The van der Waals surface area contributed by atoms with Crippen molar-refractivity contribution in [2.45, 2.75) is 168 Å². The highest BCUT2D eigenvalue weighted by Gasteiger charge is 2.53. The molecule has 0 saturated carbocycles. The van der Waals surface area contributed by atoms with Gasteiger partial charge in [-0.1, -0.05) is 34.6 Å². The second-order valence-electron chi connectivity index (χ2n) is 16.4. The number of fused-ring (bicyclic) bond motifs is 2. The highest BCUT2D eigenvalue weighted by Crippen LogP contribution is 2.46. The molecular formula is C37H65NO11. The van der Waals surface area contributed by atoms with Gasteiger partial charge in [-0.2, -0.15) is 0 Å². The Bertz CT molecular complexity index is 1180. The molecule has 4 rings (SSSR count). The van der Waals surface area contributed by atoms with Gasteiger partial charge in [-0.05, 0) is 67.6 Å². The molecule has 0 radical (unpaired) electrons. The summed E-state index contributed by atoms with van der Waals surface area (Å²) in [5.41, 5.74) is -0.774. The summed E-state index contributed by atoms with van der Waals surface area (Å²) in [6, 6.07) is -0.203. The van der Waals surface area contributed by atoms with Gasteiger partial charge in [0.25, 0.3) is 0 Å². The van der Waals surface area contributed by atoms with Crippen LogP contribution in [0.4, 0.5) is 0 Å². The van der Waals surface area contributed by atoms with Crippen molar-refractivity contribution in [3.05, 3.63) is 11.3 Å². The SMILES string of the molecule is COC1(C)CC(OC2[C@H](C)C(OC3O[C@H](C)CC(N(C)C)C3O)C3OC(=C(C)C3C)[C@H](C)C(O)C(C)(C)C(C)OC(=O)[C@@H]2C)O[C@@H](C)C1O. The highest BCUT2D eigenvalue weighted by molar-refractivity contribution is 5.73. The van der Waals surface area contributed by atoms with Crippen LogP contribution in [-0.2, 0) is 38.0 Å². The lowest BCUT2D eigenvalue weighted by Crippen LogP contribution is -2.59. The minimum Gasteiger partial charge on any atom is -0.491 e. The Kier molecular flexibility index (Phi) is 12.6. The Morgan fingerprint density at radius 2 is 1.47 bits per heavy atom. The maximum absolute atomic E-state index is 14.0. The largest absolute Gasteiger partial charge is 0.491 e. The summed E-state index contributed by atoms with van der Waals surface area (Å²) in [7, 11) is 5.40. The molecule has 4 heterocycles. The molecule has 0 spiro atoms. The van der Waals surface area contributed by atoms with Crippen molar-refractivity contribution in [2.24, 2.45) is 29.1 Å². The molecule has 0 amide bonds. The van der Waals surface area contributed by atoms with E-state index in [0.29, 0.717) is 12.2 Å². The molecule has 284 valence electrons. The molecule has 0 aromatic carbocycles. The van der Waals surface area contributed by atoms with E-state index in [9.17, 15) is 20.1 Å². The summed E-state index contributed by atoms with van der Waals surface area (Å²) >= 11 is 0. The summed E-state index contributed by atoms with van der Waals surface area (Å²) in [4.78, 5) is 16.0. The van der Waals surface area contributed by atoms with Gasteiger partial charge in [0.1, 0.15) is 36.3 Å². The van der Waals surface area contributed by atoms with E-state index in [1.807, 2.05) is 67.5 Å². The fourth-order valence-electron chi connectivity index (χ4n) is 8.19. The number of nitrogens with zero attached hydrogens (tertiary/aromatic N) is 1. The van der Waals surface area contributed by atoms with Gasteiger partial charge in [-0.15, -0.1) is 0 Å².